The largest absolute Gasteiger partial charge is 0.464 e. The van der Waals surface area contributed by atoms with Gasteiger partial charge in [0.2, 0.25) is 0 Å². The van der Waals surface area contributed by atoms with Crippen molar-refractivity contribution in [2.24, 2.45) is 0 Å². The Hall–Kier alpha value is -1.69. The van der Waals surface area contributed by atoms with Crippen LogP contribution < -0.4 is 4.90 Å². The molecule has 1 aromatic heterocycles. The molecule has 19 heavy (non-hydrogen) atoms. The lowest BCUT2D eigenvalue weighted by atomic mass is 10.1. The Morgan fingerprint density at radius 3 is 2.95 bits per heavy atom. The van der Waals surface area contributed by atoms with Gasteiger partial charge in [-0.05, 0) is 19.8 Å². The van der Waals surface area contributed by atoms with Crippen LogP contribution in [0.5, 0.6) is 0 Å². The molecule has 0 radical (unpaired) electrons. The van der Waals surface area contributed by atoms with Crippen molar-refractivity contribution >= 4 is 11.8 Å². The minimum absolute atomic E-state index is 0.226. The second-order valence-corrected chi connectivity index (χ2v) is 4.42. The van der Waals surface area contributed by atoms with Gasteiger partial charge in [-0.25, -0.2) is 14.8 Å². The summed E-state index contributed by atoms with van der Waals surface area (Å²) in [5, 5.41) is 0. The molecule has 1 aromatic rings. The molecular formula is C13H19N3O3. The maximum Gasteiger partial charge on any atom is 0.358 e. The molecule has 2 rings (SSSR count). The third kappa shape index (κ3) is 3.41. The highest BCUT2D eigenvalue weighted by Crippen LogP contribution is 2.18. The quantitative estimate of drug-likeness (QED) is 0.764. The van der Waals surface area contributed by atoms with Gasteiger partial charge in [0.25, 0.3) is 0 Å². The Balaban J connectivity index is 2.03. The number of methoxy groups -OCH3 is 1. The first-order chi connectivity index (χ1) is 9.24. The molecule has 6 nitrogen and oxygen atoms in total. The van der Waals surface area contributed by atoms with Crippen molar-refractivity contribution in [3.63, 3.8) is 0 Å². The number of carbonyl (C=O) groups excluding carboxylic acids is 1. The summed E-state index contributed by atoms with van der Waals surface area (Å²) in [6, 6.07) is 0. The molecule has 104 valence electrons. The van der Waals surface area contributed by atoms with Gasteiger partial charge in [-0.15, -0.1) is 0 Å². The first kappa shape index (κ1) is 13.7. The van der Waals surface area contributed by atoms with Gasteiger partial charge in [0.15, 0.2) is 5.69 Å². The number of esters is 1. The van der Waals surface area contributed by atoms with Gasteiger partial charge in [-0.3, -0.25) is 0 Å². The molecule has 0 saturated carbocycles. The normalized spacial score (nSPS) is 19.3. The minimum atomic E-state index is -0.468. The summed E-state index contributed by atoms with van der Waals surface area (Å²) in [5.74, 6) is 0.307. The summed E-state index contributed by atoms with van der Waals surface area (Å²) in [5.41, 5.74) is 0.226. The summed E-state index contributed by atoms with van der Waals surface area (Å²) in [7, 11) is 1.33. The molecule has 0 bridgehead atoms. The Morgan fingerprint density at radius 1 is 1.47 bits per heavy atom. The van der Waals surface area contributed by atoms with Crippen LogP contribution in [0.4, 0.5) is 5.82 Å². The minimum Gasteiger partial charge on any atom is -0.464 e. The molecule has 1 aliphatic heterocycles. The smallest absolute Gasteiger partial charge is 0.358 e. The van der Waals surface area contributed by atoms with Crippen molar-refractivity contribution < 1.29 is 14.3 Å². The monoisotopic (exact) mass is 265 g/mol. The molecule has 1 saturated heterocycles. The number of ether oxygens (including phenoxy) is 2. The van der Waals surface area contributed by atoms with Crippen molar-refractivity contribution in [2.45, 2.75) is 25.9 Å². The highest BCUT2D eigenvalue weighted by Gasteiger charge is 2.21. The number of hydrogen-bond donors (Lipinski definition) is 0. The number of nitrogens with zero attached hydrogens (tertiary/aromatic N) is 3. The van der Waals surface area contributed by atoms with Gasteiger partial charge in [0.05, 0.1) is 25.6 Å². The molecule has 1 aliphatic rings. The summed E-state index contributed by atoms with van der Waals surface area (Å²) in [4.78, 5) is 21.8. The topological polar surface area (TPSA) is 64.5 Å². The maximum atomic E-state index is 11.3. The molecule has 6 heteroatoms. The third-order valence-corrected chi connectivity index (χ3v) is 3.14. The lowest BCUT2D eigenvalue weighted by molar-refractivity contribution is 0.0524. The van der Waals surface area contributed by atoms with Crippen molar-refractivity contribution in [1.29, 1.82) is 0 Å². The number of aromatic nitrogens is 2. The lowest BCUT2D eigenvalue weighted by Crippen LogP contribution is -2.40. The van der Waals surface area contributed by atoms with E-state index in [-0.39, 0.29) is 11.8 Å². The van der Waals surface area contributed by atoms with E-state index in [0.29, 0.717) is 0 Å². The van der Waals surface area contributed by atoms with Crippen LogP contribution in [0.2, 0.25) is 0 Å². The van der Waals surface area contributed by atoms with Crippen LogP contribution in [-0.2, 0) is 9.47 Å². The Kier molecular flexibility index (Phi) is 4.68. The van der Waals surface area contributed by atoms with Crippen molar-refractivity contribution in [3.05, 3.63) is 18.1 Å². The van der Waals surface area contributed by atoms with E-state index in [1.807, 2.05) is 6.92 Å². The van der Waals surface area contributed by atoms with E-state index in [0.717, 1.165) is 38.4 Å². The predicted molar refractivity (Wildman–Crippen MR) is 70.2 cm³/mol. The number of carbonyl (C=O) groups is 1. The standard InChI is InChI=1S/C13H19N3O3/c1-3-19-10-5-4-6-16(9-10)12-8-14-11(7-15-12)13(17)18-2/h7-8,10H,3-6,9H2,1-2H3. The summed E-state index contributed by atoms with van der Waals surface area (Å²) >= 11 is 0. The number of rotatable bonds is 4. The summed E-state index contributed by atoms with van der Waals surface area (Å²) < 4.78 is 10.2. The molecule has 1 atom stereocenters. The average Bonchev–Trinajstić information content (AvgIpc) is 2.47. The second kappa shape index (κ2) is 6.47. The number of anilines is 1. The van der Waals surface area contributed by atoms with Gasteiger partial charge in [0.1, 0.15) is 5.82 Å². The summed E-state index contributed by atoms with van der Waals surface area (Å²) in [6.07, 6.45) is 5.47. The van der Waals surface area contributed by atoms with Crippen LogP contribution in [-0.4, -0.2) is 48.8 Å². The van der Waals surface area contributed by atoms with Crippen LogP contribution in [0.25, 0.3) is 0 Å². The van der Waals surface area contributed by atoms with E-state index in [2.05, 4.69) is 19.6 Å². The number of piperidine rings is 1. The van der Waals surface area contributed by atoms with Gasteiger partial charge in [0, 0.05) is 19.7 Å². The van der Waals surface area contributed by atoms with Gasteiger partial charge in [-0.1, -0.05) is 0 Å². The lowest BCUT2D eigenvalue weighted by Gasteiger charge is -2.33. The first-order valence-corrected chi connectivity index (χ1v) is 6.51. The maximum absolute atomic E-state index is 11.3. The van der Waals surface area contributed by atoms with E-state index >= 15 is 0 Å². The van der Waals surface area contributed by atoms with Crippen LogP contribution >= 0.6 is 0 Å². The molecule has 0 aliphatic carbocycles. The van der Waals surface area contributed by atoms with Crippen molar-refractivity contribution in [1.82, 2.24) is 9.97 Å². The van der Waals surface area contributed by atoms with E-state index < -0.39 is 5.97 Å². The molecule has 0 amide bonds. The Labute approximate surface area is 112 Å². The highest BCUT2D eigenvalue weighted by atomic mass is 16.5. The highest BCUT2D eigenvalue weighted by molar-refractivity contribution is 5.86. The fourth-order valence-electron chi connectivity index (χ4n) is 2.21. The average molecular weight is 265 g/mol. The molecule has 2 heterocycles. The molecular weight excluding hydrogens is 246 g/mol. The Bertz CT molecular complexity index is 420. The van der Waals surface area contributed by atoms with E-state index in [1.165, 1.54) is 13.3 Å². The molecule has 0 N–H and O–H groups in total. The fourth-order valence-corrected chi connectivity index (χ4v) is 2.21. The molecule has 1 fully saturated rings. The van der Waals surface area contributed by atoms with E-state index in [4.69, 9.17) is 4.74 Å². The fraction of sp³-hybridized carbons (Fsp3) is 0.615. The van der Waals surface area contributed by atoms with Crippen LogP contribution in [0.3, 0.4) is 0 Å². The molecule has 0 aromatic carbocycles. The zero-order valence-corrected chi connectivity index (χ0v) is 11.3. The molecule has 0 spiro atoms. The van der Waals surface area contributed by atoms with Crippen molar-refractivity contribution in [3.8, 4) is 0 Å². The SMILES string of the molecule is CCOC1CCCN(c2cnc(C(=O)OC)cn2)C1. The van der Waals surface area contributed by atoms with Gasteiger partial charge >= 0.3 is 5.97 Å². The predicted octanol–water partition coefficient (Wildman–Crippen LogP) is 1.27. The zero-order chi connectivity index (χ0) is 13.7. The number of hydrogen-bond acceptors (Lipinski definition) is 6. The molecule has 1 unspecified atom stereocenters. The second-order valence-electron chi connectivity index (χ2n) is 4.42. The van der Waals surface area contributed by atoms with Crippen molar-refractivity contribution in [2.75, 3.05) is 31.7 Å². The van der Waals surface area contributed by atoms with Gasteiger partial charge in [-0.2, -0.15) is 0 Å². The summed E-state index contributed by atoms with van der Waals surface area (Å²) in [6.45, 7) is 4.49. The van der Waals surface area contributed by atoms with E-state index in [9.17, 15) is 4.79 Å². The third-order valence-electron chi connectivity index (χ3n) is 3.14. The van der Waals surface area contributed by atoms with E-state index in [1.54, 1.807) is 6.20 Å². The Morgan fingerprint density at radius 2 is 2.32 bits per heavy atom. The van der Waals surface area contributed by atoms with Crippen LogP contribution in [0.1, 0.15) is 30.3 Å². The van der Waals surface area contributed by atoms with Gasteiger partial charge < -0.3 is 14.4 Å². The van der Waals surface area contributed by atoms with Crippen LogP contribution in [0, 0.1) is 0 Å². The zero-order valence-electron chi connectivity index (χ0n) is 11.3. The first-order valence-electron chi connectivity index (χ1n) is 6.51. The van der Waals surface area contributed by atoms with Crippen LogP contribution in [0.15, 0.2) is 12.4 Å².